The van der Waals surface area contributed by atoms with Crippen molar-refractivity contribution >= 4 is 55.3 Å². The third kappa shape index (κ3) is 7.49. The molecular weight excluding hydrogens is 899 g/mol. The van der Waals surface area contributed by atoms with Crippen molar-refractivity contribution in [2.24, 2.45) is 9.98 Å². The van der Waals surface area contributed by atoms with Crippen LogP contribution in [0.25, 0.3) is 99.5 Å². The van der Waals surface area contributed by atoms with E-state index < -0.39 is 0 Å². The molecule has 1 aliphatic rings. The molecule has 0 saturated heterocycles. The topological polar surface area (TPSA) is 46.6 Å². The number of aromatic nitrogens is 2. The van der Waals surface area contributed by atoms with E-state index in [4.69, 9.17) is 9.98 Å². The molecule has 3 heterocycles. The second-order valence-corrected chi connectivity index (χ2v) is 19.0. The van der Waals surface area contributed by atoms with Crippen molar-refractivity contribution in [2.75, 3.05) is 0 Å². The molecule has 0 bridgehead atoms. The number of nitrogens with zero attached hydrogens (tertiary/aromatic N) is 4. The molecule has 0 radical (unpaired) electrons. The summed E-state index contributed by atoms with van der Waals surface area (Å²) in [6, 6.07) is 98.2. The number of aliphatic imine (C=N–C) groups is 2. The highest BCUT2D eigenvalue weighted by atomic mass is 15.2. The smallest absolute Gasteiger partial charge is 0.159 e. The monoisotopic (exact) mass is 945 g/mol. The van der Waals surface area contributed by atoms with Crippen LogP contribution in [0, 0.1) is 0 Å². The molecule has 1 N–H and O–H groups in total. The summed E-state index contributed by atoms with van der Waals surface area (Å²) in [6.45, 7) is 0. The summed E-state index contributed by atoms with van der Waals surface area (Å²) in [7, 11) is 0. The molecular formula is C69H47N5. The molecule has 2 aromatic heterocycles. The first-order chi connectivity index (χ1) is 36.7. The van der Waals surface area contributed by atoms with Crippen LogP contribution in [0.1, 0.15) is 22.9 Å². The van der Waals surface area contributed by atoms with Gasteiger partial charge in [0.1, 0.15) is 12.0 Å². The van der Waals surface area contributed by atoms with Crippen LogP contribution in [-0.4, -0.2) is 20.8 Å². The van der Waals surface area contributed by atoms with E-state index in [1.165, 1.54) is 38.2 Å². The molecule has 74 heavy (non-hydrogen) atoms. The molecule has 1 unspecified atom stereocenters. The van der Waals surface area contributed by atoms with E-state index in [-0.39, 0.29) is 6.17 Å². The maximum absolute atomic E-state index is 5.41. The molecule has 0 amide bonds. The van der Waals surface area contributed by atoms with Crippen LogP contribution in [0.3, 0.4) is 0 Å². The second-order valence-electron chi connectivity index (χ2n) is 19.0. The van der Waals surface area contributed by atoms with Crippen LogP contribution in [0.2, 0.25) is 0 Å². The molecule has 1 aliphatic heterocycles. The van der Waals surface area contributed by atoms with Crippen molar-refractivity contribution in [1.29, 1.82) is 0 Å². The van der Waals surface area contributed by atoms with Gasteiger partial charge < -0.3 is 14.5 Å². The molecule has 0 fully saturated rings. The van der Waals surface area contributed by atoms with Gasteiger partial charge in [0.2, 0.25) is 0 Å². The van der Waals surface area contributed by atoms with Crippen LogP contribution in [0.5, 0.6) is 0 Å². The number of nitrogens with one attached hydrogen (secondary N) is 1. The van der Waals surface area contributed by atoms with Crippen molar-refractivity contribution in [3.8, 4) is 55.9 Å². The summed E-state index contributed by atoms with van der Waals surface area (Å²) in [5, 5.41) is 8.64. The largest absolute Gasteiger partial charge is 0.344 e. The third-order valence-corrected chi connectivity index (χ3v) is 14.6. The molecule has 0 saturated carbocycles. The Hall–Kier alpha value is -9.84. The predicted molar refractivity (Wildman–Crippen MR) is 309 cm³/mol. The van der Waals surface area contributed by atoms with Crippen molar-refractivity contribution in [1.82, 2.24) is 14.5 Å². The van der Waals surface area contributed by atoms with E-state index in [1.807, 2.05) is 12.1 Å². The Bertz CT molecular complexity index is 4170. The van der Waals surface area contributed by atoms with Crippen LogP contribution in [0.15, 0.2) is 283 Å². The van der Waals surface area contributed by atoms with Gasteiger partial charge in [0.05, 0.1) is 27.8 Å². The zero-order valence-corrected chi connectivity index (χ0v) is 40.3. The summed E-state index contributed by atoms with van der Waals surface area (Å²) in [5.41, 5.74) is 18.7. The van der Waals surface area contributed by atoms with E-state index >= 15 is 0 Å². The fourth-order valence-electron chi connectivity index (χ4n) is 11.0. The second kappa shape index (κ2) is 18.1. The molecule has 13 aromatic rings. The molecule has 348 valence electrons. The Balaban J connectivity index is 1.09. The number of fused-ring (bicyclic) bond motifs is 6. The number of benzene rings is 11. The highest BCUT2D eigenvalue weighted by Gasteiger charge is 2.27. The fraction of sp³-hybridized carbons (Fsp3) is 0.0145. The lowest BCUT2D eigenvalue weighted by atomic mass is 9.90. The van der Waals surface area contributed by atoms with Crippen LogP contribution in [0.4, 0.5) is 0 Å². The maximum atomic E-state index is 5.41. The molecule has 11 aromatic carbocycles. The normalized spacial score (nSPS) is 13.5. The van der Waals surface area contributed by atoms with Gasteiger partial charge in [-0.3, -0.25) is 0 Å². The van der Waals surface area contributed by atoms with Gasteiger partial charge in [-0.05, 0) is 87.5 Å². The van der Waals surface area contributed by atoms with Gasteiger partial charge in [-0.15, -0.1) is 0 Å². The zero-order valence-electron chi connectivity index (χ0n) is 40.3. The van der Waals surface area contributed by atoms with Crippen LogP contribution < -0.4 is 5.32 Å². The highest BCUT2D eigenvalue weighted by molar-refractivity contribution is 6.20. The molecule has 5 nitrogen and oxygen atoms in total. The maximum Gasteiger partial charge on any atom is 0.159 e. The lowest BCUT2D eigenvalue weighted by Crippen LogP contribution is -2.33. The van der Waals surface area contributed by atoms with Gasteiger partial charge in [0.15, 0.2) is 5.84 Å². The quantitative estimate of drug-likeness (QED) is 0.154. The van der Waals surface area contributed by atoms with Crippen molar-refractivity contribution in [3.63, 3.8) is 0 Å². The van der Waals surface area contributed by atoms with Crippen molar-refractivity contribution in [2.45, 2.75) is 6.17 Å². The Morgan fingerprint density at radius 2 is 0.730 bits per heavy atom. The first kappa shape index (κ1) is 43.0. The highest BCUT2D eigenvalue weighted by Crippen LogP contribution is 2.45. The zero-order chi connectivity index (χ0) is 49.0. The van der Waals surface area contributed by atoms with E-state index in [2.05, 4.69) is 275 Å². The standard InChI is InChI=1S/C69H47N5/c1-6-20-46(21-7-1)48-34-38-50(39-35-48)58-42-54(69-71-67(52-24-10-3-11-25-52)70-68(72-69)53-26-12-4-13-27-53)43-59(51-40-36-49(37-41-51)47-22-8-2-9-23-47)66(58)74-63-33-19-17-31-57(63)61-44-60-56-30-16-18-32-62(56)73(64(60)45-65(61)74)55-28-14-5-15-29-55/h1-45,67H,(H,70,71,72). The van der Waals surface area contributed by atoms with Crippen LogP contribution >= 0.6 is 0 Å². The average Bonchev–Trinajstić information content (AvgIpc) is 3.99. The minimum atomic E-state index is -0.364. The van der Waals surface area contributed by atoms with E-state index in [0.29, 0.717) is 5.84 Å². The minimum absolute atomic E-state index is 0.364. The number of rotatable bonds is 9. The number of para-hydroxylation sites is 3. The van der Waals surface area contributed by atoms with Gasteiger partial charge in [-0.1, -0.05) is 224 Å². The molecule has 0 spiro atoms. The molecule has 5 heteroatoms. The predicted octanol–water partition coefficient (Wildman–Crippen LogP) is 17.0. The number of hydrogen-bond donors (Lipinski definition) is 1. The summed E-state index contributed by atoms with van der Waals surface area (Å²) in [4.78, 5) is 10.7. The lowest BCUT2D eigenvalue weighted by molar-refractivity contribution is 0.674. The van der Waals surface area contributed by atoms with E-state index in [0.717, 1.165) is 83.8 Å². The third-order valence-electron chi connectivity index (χ3n) is 14.6. The SMILES string of the molecule is c1ccc(C2=NC(c3ccccc3)NC(c3cc(-c4ccc(-c5ccccc5)cc4)c(-n4c5ccccc5c5cc6c7ccccc7n(-c7ccccc7)c6cc54)c(-c4ccc(-c5ccccc5)cc4)c3)=N2)cc1. The minimum Gasteiger partial charge on any atom is -0.344 e. The van der Waals surface area contributed by atoms with Crippen LogP contribution in [-0.2, 0) is 0 Å². The van der Waals surface area contributed by atoms with Gasteiger partial charge >= 0.3 is 0 Å². The Morgan fingerprint density at radius 3 is 1.27 bits per heavy atom. The summed E-state index contributed by atoms with van der Waals surface area (Å²) in [5.74, 6) is 1.43. The van der Waals surface area contributed by atoms with E-state index in [1.54, 1.807) is 0 Å². The van der Waals surface area contributed by atoms with E-state index in [9.17, 15) is 0 Å². The number of amidine groups is 2. The first-order valence-electron chi connectivity index (χ1n) is 25.3. The van der Waals surface area contributed by atoms with Crippen molar-refractivity contribution in [3.05, 3.63) is 290 Å². The summed E-state index contributed by atoms with van der Waals surface area (Å²) < 4.78 is 4.95. The summed E-state index contributed by atoms with van der Waals surface area (Å²) >= 11 is 0. The summed E-state index contributed by atoms with van der Waals surface area (Å²) in [6.07, 6.45) is -0.364. The van der Waals surface area contributed by atoms with Gasteiger partial charge in [-0.2, -0.15) is 0 Å². The molecule has 14 rings (SSSR count). The van der Waals surface area contributed by atoms with Crippen molar-refractivity contribution < 1.29 is 0 Å². The Labute approximate surface area is 429 Å². The Kier molecular flexibility index (Phi) is 10.5. The molecule has 0 aliphatic carbocycles. The van der Waals surface area contributed by atoms with Gasteiger partial charge in [0, 0.05) is 49.5 Å². The number of hydrogen-bond acceptors (Lipinski definition) is 3. The fourth-order valence-corrected chi connectivity index (χ4v) is 11.0. The molecule has 1 atom stereocenters. The lowest BCUT2D eigenvalue weighted by Gasteiger charge is -2.26. The van der Waals surface area contributed by atoms with Gasteiger partial charge in [0.25, 0.3) is 0 Å². The average molecular weight is 946 g/mol. The first-order valence-corrected chi connectivity index (χ1v) is 25.3. The Morgan fingerprint density at radius 1 is 0.311 bits per heavy atom. The van der Waals surface area contributed by atoms with Gasteiger partial charge in [-0.25, -0.2) is 9.98 Å².